The first-order valence-corrected chi connectivity index (χ1v) is 12.4. The van der Waals surface area contributed by atoms with E-state index in [2.05, 4.69) is 4.98 Å². The van der Waals surface area contributed by atoms with Crippen LogP contribution in [0.5, 0.6) is 5.88 Å². The maximum atomic E-state index is 13.4. The fraction of sp³-hybridized carbons (Fsp3) is 0.435. The zero-order chi connectivity index (χ0) is 26.7. The van der Waals surface area contributed by atoms with Gasteiger partial charge in [-0.05, 0) is 24.6 Å². The summed E-state index contributed by atoms with van der Waals surface area (Å²) in [6, 6.07) is 11.0. The molecule has 1 aromatic carbocycles. The van der Waals surface area contributed by atoms with E-state index in [4.69, 9.17) is 14.6 Å². The summed E-state index contributed by atoms with van der Waals surface area (Å²) >= 11 is 0. The Bertz CT molecular complexity index is 1210. The highest BCUT2D eigenvalue weighted by Gasteiger charge is 2.46. The van der Waals surface area contributed by atoms with E-state index in [0.29, 0.717) is 25.9 Å². The molecule has 36 heavy (non-hydrogen) atoms. The highest BCUT2D eigenvalue weighted by atomic mass is 32.2. The first-order chi connectivity index (χ1) is 16.7. The average Bonchev–Trinajstić information content (AvgIpc) is 2.88. The molecule has 1 N–H and O–H groups in total. The number of benzene rings is 1. The summed E-state index contributed by atoms with van der Waals surface area (Å²) in [6.45, 7) is 5.12. The van der Waals surface area contributed by atoms with Crippen LogP contribution in [0, 0.1) is 6.92 Å². The number of likely N-dealkylation sites (tertiary alicyclic amines) is 1. The van der Waals surface area contributed by atoms with Gasteiger partial charge in [0.05, 0.1) is 6.54 Å². The molecule has 0 atom stereocenters. The van der Waals surface area contributed by atoms with Crippen molar-refractivity contribution in [2.45, 2.75) is 49.9 Å². The Labute approximate surface area is 206 Å². The van der Waals surface area contributed by atoms with Gasteiger partial charge in [0.1, 0.15) is 10.5 Å². The minimum absolute atomic E-state index is 0.0242. The van der Waals surface area contributed by atoms with E-state index in [1.165, 1.54) is 4.31 Å². The molecule has 1 saturated heterocycles. The number of alkyl halides is 3. The van der Waals surface area contributed by atoms with Crippen LogP contribution in [0.25, 0.3) is 0 Å². The summed E-state index contributed by atoms with van der Waals surface area (Å²) in [7, 11) is -3.77. The van der Waals surface area contributed by atoms with Gasteiger partial charge in [0.25, 0.3) is 0 Å². The van der Waals surface area contributed by atoms with Gasteiger partial charge in [-0.1, -0.05) is 29.8 Å². The van der Waals surface area contributed by atoms with Crippen molar-refractivity contribution in [1.29, 1.82) is 0 Å². The van der Waals surface area contributed by atoms with Crippen molar-refractivity contribution < 1.29 is 41.0 Å². The molecule has 196 valence electrons. The van der Waals surface area contributed by atoms with Crippen LogP contribution < -0.4 is 4.74 Å². The second kappa shape index (κ2) is 10.4. The first-order valence-electron chi connectivity index (χ1n) is 11.0. The maximum absolute atomic E-state index is 13.4. The van der Waals surface area contributed by atoms with Gasteiger partial charge in [0.15, 0.2) is 0 Å². The van der Waals surface area contributed by atoms with E-state index >= 15 is 0 Å². The number of hydrogen-bond acceptors (Lipinski definition) is 6. The molecule has 0 aliphatic carbocycles. The molecule has 2 aromatic rings. The fourth-order valence-corrected chi connectivity index (χ4v) is 5.53. The molecule has 1 amide bonds. The van der Waals surface area contributed by atoms with Crippen LogP contribution in [-0.2, 0) is 26.2 Å². The van der Waals surface area contributed by atoms with Gasteiger partial charge < -0.3 is 14.7 Å². The van der Waals surface area contributed by atoms with Crippen molar-refractivity contribution in [2.75, 3.05) is 19.6 Å². The number of aliphatic carboxylic acids is 1. The fourth-order valence-electron chi connectivity index (χ4n) is 3.96. The number of halogens is 3. The van der Waals surface area contributed by atoms with E-state index in [-0.39, 0.29) is 29.8 Å². The van der Waals surface area contributed by atoms with Crippen molar-refractivity contribution in [3.63, 3.8) is 0 Å². The topological polar surface area (TPSA) is 117 Å². The Morgan fingerprint density at radius 2 is 1.72 bits per heavy atom. The number of carboxylic acids is 1. The number of sulfonamides is 1. The largest absolute Gasteiger partial charge is 0.490 e. The second-order valence-corrected chi connectivity index (χ2v) is 10.6. The summed E-state index contributed by atoms with van der Waals surface area (Å²) in [4.78, 5) is 26.7. The number of carboxylic acid groups (broad SMARTS) is 1. The van der Waals surface area contributed by atoms with Crippen LogP contribution in [0.1, 0.15) is 30.9 Å². The number of ether oxygens (including phenoxy) is 1. The van der Waals surface area contributed by atoms with Crippen molar-refractivity contribution in [2.24, 2.45) is 0 Å². The molecule has 3 heterocycles. The third kappa shape index (κ3) is 6.32. The maximum Gasteiger partial charge on any atom is 0.490 e. The van der Waals surface area contributed by atoms with Gasteiger partial charge in [0.2, 0.25) is 21.8 Å². The molecule has 0 bridgehead atoms. The van der Waals surface area contributed by atoms with Crippen LogP contribution in [0.15, 0.2) is 47.5 Å². The van der Waals surface area contributed by atoms with Crippen LogP contribution in [0.2, 0.25) is 0 Å². The molecule has 1 fully saturated rings. The summed E-state index contributed by atoms with van der Waals surface area (Å²) in [6.07, 6.45) is -2.42. The van der Waals surface area contributed by atoms with Gasteiger partial charge in [-0.3, -0.25) is 4.79 Å². The normalized spacial score (nSPS) is 18.8. The van der Waals surface area contributed by atoms with Crippen LogP contribution in [0.3, 0.4) is 0 Å². The number of rotatable bonds is 2. The molecule has 1 aromatic heterocycles. The number of aromatic nitrogens is 1. The van der Waals surface area contributed by atoms with Crippen LogP contribution in [-0.4, -0.2) is 71.0 Å². The standard InChI is InChI=1S/C21H25N3O4S.C2HF3O2/c1-16-5-7-18(8-6-16)14-24-15-21(9-12-23(13-10-21)17(2)25)28-20-19(29(24,26)27)4-3-11-22-20;3-2(4,5)1(6)7/h3-8,11H,9-10,12-15H2,1-2H3;(H,6,7). The lowest BCUT2D eigenvalue weighted by atomic mass is 9.90. The minimum atomic E-state index is -5.08. The Morgan fingerprint density at radius 3 is 2.25 bits per heavy atom. The van der Waals surface area contributed by atoms with E-state index in [1.807, 2.05) is 31.2 Å². The first kappa shape index (κ1) is 27.4. The van der Waals surface area contributed by atoms with Gasteiger partial charge in [-0.25, -0.2) is 18.2 Å². The van der Waals surface area contributed by atoms with Gasteiger partial charge >= 0.3 is 12.1 Å². The summed E-state index contributed by atoms with van der Waals surface area (Å²) in [5.74, 6) is -2.58. The second-order valence-electron chi connectivity index (χ2n) is 8.66. The summed E-state index contributed by atoms with van der Waals surface area (Å²) in [5.41, 5.74) is 1.34. The van der Waals surface area contributed by atoms with E-state index < -0.39 is 27.8 Å². The molecule has 0 saturated carbocycles. The van der Waals surface area contributed by atoms with Crippen molar-refractivity contribution >= 4 is 21.9 Å². The molecule has 2 aliphatic heterocycles. The van der Waals surface area contributed by atoms with Crippen LogP contribution >= 0.6 is 0 Å². The Hall–Kier alpha value is -3.19. The molecule has 2 aliphatic rings. The van der Waals surface area contributed by atoms with Crippen LogP contribution in [0.4, 0.5) is 13.2 Å². The highest BCUT2D eigenvalue weighted by molar-refractivity contribution is 7.89. The lowest BCUT2D eigenvalue weighted by Gasteiger charge is -2.41. The lowest BCUT2D eigenvalue weighted by Crippen LogP contribution is -2.54. The number of hydrogen-bond donors (Lipinski definition) is 1. The molecule has 0 radical (unpaired) electrons. The number of carbonyl (C=O) groups is 2. The molecule has 1 spiro atoms. The molecule has 4 rings (SSSR count). The monoisotopic (exact) mass is 529 g/mol. The Morgan fingerprint density at radius 1 is 1.14 bits per heavy atom. The third-order valence-corrected chi connectivity index (χ3v) is 7.78. The van der Waals surface area contributed by atoms with Gasteiger partial charge in [0, 0.05) is 45.6 Å². The molecule has 13 heteroatoms. The number of amides is 1. The zero-order valence-corrected chi connectivity index (χ0v) is 20.5. The quantitative estimate of drug-likeness (QED) is 0.636. The average molecular weight is 530 g/mol. The smallest absolute Gasteiger partial charge is 0.475 e. The number of pyridine rings is 1. The predicted molar refractivity (Wildman–Crippen MR) is 122 cm³/mol. The van der Waals surface area contributed by atoms with E-state index in [0.717, 1.165) is 11.1 Å². The predicted octanol–water partition coefficient (Wildman–Crippen LogP) is 2.99. The summed E-state index contributed by atoms with van der Waals surface area (Å²) < 4.78 is 66.4. The number of piperidine rings is 1. The van der Waals surface area contributed by atoms with Crippen molar-refractivity contribution in [3.05, 3.63) is 53.7 Å². The molecule has 9 nitrogen and oxygen atoms in total. The third-order valence-electron chi connectivity index (χ3n) is 5.97. The number of nitrogens with zero attached hydrogens (tertiary/aromatic N) is 3. The lowest BCUT2D eigenvalue weighted by molar-refractivity contribution is -0.192. The number of aryl methyl sites for hydroxylation is 1. The van der Waals surface area contributed by atoms with Gasteiger partial charge in [-0.15, -0.1) is 0 Å². The SMILES string of the molecule is CC(=O)N1CCC2(CC1)CN(Cc1ccc(C)cc1)S(=O)(=O)c1cccnc1O2.O=C(O)C(F)(F)F. The Kier molecular flexibility index (Phi) is 7.94. The molecule has 0 unspecified atom stereocenters. The van der Waals surface area contributed by atoms with Gasteiger partial charge in [-0.2, -0.15) is 17.5 Å². The minimum Gasteiger partial charge on any atom is -0.475 e. The number of carbonyl (C=O) groups excluding carboxylic acids is 1. The van der Waals surface area contributed by atoms with Crippen molar-refractivity contribution in [3.8, 4) is 5.88 Å². The van der Waals surface area contributed by atoms with Crippen molar-refractivity contribution in [1.82, 2.24) is 14.2 Å². The van der Waals surface area contributed by atoms with E-state index in [1.54, 1.807) is 30.2 Å². The molecular weight excluding hydrogens is 503 g/mol. The Balaban J connectivity index is 0.000000454. The number of fused-ring (bicyclic) bond motifs is 1. The summed E-state index contributed by atoms with van der Waals surface area (Å²) in [5, 5.41) is 7.12. The zero-order valence-electron chi connectivity index (χ0n) is 19.7. The molecular formula is C23H26F3N3O6S. The highest BCUT2D eigenvalue weighted by Crippen LogP contribution is 2.38. The van der Waals surface area contributed by atoms with E-state index in [9.17, 15) is 26.4 Å².